The number of hydrogen-bond acceptors (Lipinski definition) is 2. The maximum atomic E-state index is 12.3. The number of allylic oxidation sites excluding steroid dienone is 2. The van der Waals surface area contributed by atoms with Crippen LogP contribution in [0.3, 0.4) is 0 Å². The topological polar surface area (TPSA) is 49.3 Å². The van der Waals surface area contributed by atoms with Crippen LogP contribution in [0.1, 0.15) is 239 Å². The van der Waals surface area contributed by atoms with Crippen molar-refractivity contribution in [1.82, 2.24) is 5.32 Å². The monoisotopic (exact) mass is 634 g/mol. The SMILES string of the molecule is CCCCCCCCC=CCCCCCCCCCCCCCC(=O)NC(C)C(O)CCCCCCCCCCCCCCC. The van der Waals surface area contributed by atoms with Crippen molar-refractivity contribution in [3.63, 3.8) is 0 Å². The molecule has 2 atom stereocenters. The summed E-state index contributed by atoms with van der Waals surface area (Å²) in [4.78, 5) is 12.3. The highest BCUT2D eigenvalue weighted by Crippen LogP contribution is 2.16. The Kier molecular flexibility index (Phi) is 36.9. The Morgan fingerprint density at radius 3 is 1.18 bits per heavy atom. The van der Waals surface area contributed by atoms with Crippen LogP contribution in [-0.2, 0) is 4.79 Å². The van der Waals surface area contributed by atoms with Crippen LogP contribution >= 0.6 is 0 Å². The Bertz CT molecular complexity index is 604. The fraction of sp³-hybridized carbons (Fsp3) is 0.929. The second kappa shape index (κ2) is 37.6. The van der Waals surface area contributed by atoms with Gasteiger partial charge in [0.05, 0.1) is 12.1 Å². The number of aliphatic hydroxyl groups excluding tert-OH is 1. The zero-order valence-corrected chi connectivity index (χ0v) is 31.2. The number of unbranched alkanes of at least 4 members (excludes halogenated alkanes) is 29. The predicted molar refractivity (Wildman–Crippen MR) is 201 cm³/mol. The molecular formula is C42H83NO2. The van der Waals surface area contributed by atoms with Crippen LogP contribution in [-0.4, -0.2) is 23.2 Å². The van der Waals surface area contributed by atoms with Gasteiger partial charge in [-0.1, -0.05) is 199 Å². The predicted octanol–water partition coefficient (Wildman–Crippen LogP) is 13.7. The lowest BCUT2D eigenvalue weighted by Gasteiger charge is -2.20. The minimum absolute atomic E-state index is 0.111. The molecule has 3 heteroatoms. The number of hydrogen-bond donors (Lipinski definition) is 2. The highest BCUT2D eigenvalue weighted by atomic mass is 16.3. The van der Waals surface area contributed by atoms with E-state index < -0.39 is 6.10 Å². The van der Waals surface area contributed by atoms with Crippen molar-refractivity contribution in [2.45, 2.75) is 251 Å². The molecule has 0 aromatic rings. The van der Waals surface area contributed by atoms with Crippen LogP contribution < -0.4 is 5.32 Å². The zero-order valence-electron chi connectivity index (χ0n) is 31.2. The van der Waals surface area contributed by atoms with Gasteiger partial charge in [-0.05, 0) is 45.4 Å². The van der Waals surface area contributed by atoms with Gasteiger partial charge in [0.2, 0.25) is 5.91 Å². The van der Waals surface area contributed by atoms with Gasteiger partial charge >= 0.3 is 0 Å². The molecule has 268 valence electrons. The molecule has 45 heavy (non-hydrogen) atoms. The summed E-state index contributed by atoms with van der Waals surface area (Å²) >= 11 is 0. The van der Waals surface area contributed by atoms with E-state index in [-0.39, 0.29) is 11.9 Å². The summed E-state index contributed by atoms with van der Waals surface area (Å²) in [7, 11) is 0. The summed E-state index contributed by atoms with van der Waals surface area (Å²) < 4.78 is 0. The number of rotatable bonds is 37. The molecule has 0 aliphatic carbocycles. The molecule has 0 fully saturated rings. The molecule has 2 N–H and O–H groups in total. The van der Waals surface area contributed by atoms with Gasteiger partial charge in [-0.15, -0.1) is 0 Å². The van der Waals surface area contributed by atoms with Gasteiger partial charge in [0.15, 0.2) is 0 Å². The van der Waals surface area contributed by atoms with Crippen molar-refractivity contribution in [1.29, 1.82) is 0 Å². The molecule has 0 aliphatic rings. The lowest BCUT2D eigenvalue weighted by atomic mass is 10.0. The van der Waals surface area contributed by atoms with Crippen LogP contribution in [0.25, 0.3) is 0 Å². The molecule has 0 aromatic carbocycles. The number of carbonyl (C=O) groups is 1. The van der Waals surface area contributed by atoms with Crippen molar-refractivity contribution in [3.05, 3.63) is 12.2 Å². The average molecular weight is 634 g/mol. The maximum absolute atomic E-state index is 12.3. The third-order valence-corrected chi connectivity index (χ3v) is 9.73. The first kappa shape index (κ1) is 44.2. The lowest BCUT2D eigenvalue weighted by Crippen LogP contribution is -2.41. The van der Waals surface area contributed by atoms with E-state index in [9.17, 15) is 9.90 Å². The van der Waals surface area contributed by atoms with Crippen molar-refractivity contribution in [2.75, 3.05) is 0 Å². The first-order valence-electron chi connectivity index (χ1n) is 20.7. The van der Waals surface area contributed by atoms with E-state index in [1.54, 1.807) is 0 Å². The Labute approximate surface area is 284 Å². The Balaban J connectivity index is 3.39. The van der Waals surface area contributed by atoms with E-state index in [4.69, 9.17) is 0 Å². The number of nitrogens with one attached hydrogen (secondary N) is 1. The molecule has 0 heterocycles. The Morgan fingerprint density at radius 2 is 0.800 bits per heavy atom. The molecule has 2 unspecified atom stereocenters. The summed E-state index contributed by atoms with van der Waals surface area (Å²) in [6.45, 7) is 6.52. The molecule has 0 aromatic heterocycles. The molecule has 0 saturated heterocycles. The fourth-order valence-electron chi connectivity index (χ4n) is 6.46. The van der Waals surface area contributed by atoms with E-state index in [0.717, 1.165) is 25.7 Å². The normalized spacial score (nSPS) is 13.1. The third-order valence-electron chi connectivity index (χ3n) is 9.73. The standard InChI is InChI=1S/C42H83NO2/c1-4-6-8-10-12-14-16-18-19-20-21-22-23-24-25-27-29-31-33-35-37-39-42(45)43-40(3)41(44)38-36-34-32-30-28-26-17-15-13-11-9-7-5-2/h18-19,40-41,44H,4-17,20-39H2,1-3H3,(H,43,45). The summed E-state index contributed by atoms with van der Waals surface area (Å²) in [6.07, 6.45) is 48.5. The molecule has 0 bridgehead atoms. The maximum Gasteiger partial charge on any atom is 0.220 e. The minimum atomic E-state index is -0.418. The van der Waals surface area contributed by atoms with Gasteiger partial charge in [-0.2, -0.15) is 0 Å². The number of aliphatic hydroxyl groups is 1. The van der Waals surface area contributed by atoms with Gasteiger partial charge in [-0.25, -0.2) is 0 Å². The quantitative estimate of drug-likeness (QED) is 0.0528. The summed E-state index contributed by atoms with van der Waals surface area (Å²) in [5, 5.41) is 13.5. The van der Waals surface area contributed by atoms with Crippen molar-refractivity contribution in [2.24, 2.45) is 0 Å². The number of amides is 1. The summed E-state index contributed by atoms with van der Waals surface area (Å²) in [5.41, 5.74) is 0. The average Bonchev–Trinajstić information content (AvgIpc) is 3.03. The van der Waals surface area contributed by atoms with E-state index in [1.165, 1.54) is 186 Å². The first-order valence-corrected chi connectivity index (χ1v) is 20.7. The van der Waals surface area contributed by atoms with Crippen LogP contribution in [0.4, 0.5) is 0 Å². The van der Waals surface area contributed by atoms with Gasteiger partial charge in [0, 0.05) is 6.42 Å². The fourth-order valence-corrected chi connectivity index (χ4v) is 6.46. The molecule has 0 saturated carbocycles. The van der Waals surface area contributed by atoms with Gasteiger partial charge < -0.3 is 10.4 Å². The third kappa shape index (κ3) is 35.9. The molecular weight excluding hydrogens is 550 g/mol. The van der Waals surface area contributed by atoms with Crippen LogP contribution in [0.15, 0.2) is 12.2 Å². The molecule has 0 aliphatic heterocycles. The summed E-state index contributed by atoms with van der Waals surface area (Å²) in [6, 6.07) is -0.138. The van der Waals surface area contributed by atoms with E-state index >= 15 is 0 Å². The molecule has 0 rings (SSSR count). The van der Waals surface area contributed by atoms with Crippen molar-refractivity contribution in [3.8, 4) is 0 Å². The molecule has 3 nitrogen and oxygen atoms in total. The van der Waals surface area contributed by atoms with E-state index in [0.29, 0.717) is 6.42 Å². The Morgan fingerprint density at radius 1 is 0.489 bits per heavy atom. The minimum Gasteiger partial charge on any atom is -0.391 e. The lowest BCUT2D eigenvalue weighted by molar-refractivity contribution is -0.122. The highest BCUT2D eigenvalue weighted by molar-refractivity contribution is 5.76. The smallest absolute Gasteiger partial charge is 0.220 e. The van der Waals surface area contributed by atoms with Crippen LogP contribution in [0.5, 0.6) is 0 Å². The van der Waals surface area contributed by atoms with E-state index in [1.807, 2.05) is 6.92 Å². The highest BCUT2D eigenvalue weighted by Gasteiger charge is 2.16. The second-order valence-electron chi connectivity index (χ2n) is 14.4. The van der Waals surface area contributed by atoms with Crippen molar-refractivity contribution < 1.29 is 9.90 Å². The van der Waals surface area contributed by atoms with Crippen LogP contribution in [0, 0.1) is 0 Å². The largest absolute Gasteiger partial charge is 0.391 e. The van der Waals surface area contributed by atoms with Crippen LogP contribution in [0.2, 0.25) is 0 Å². The molecule has 0 spiro atoms. The molecule has 0 radical (unpaired) electrons. The van der Waals surface area contributed by atoms with Gasteiger partial charge in [-0.3, -0.25) is 4.79 Å². The summed E-state index contributed by atoms with van der Waals surface area (Å²) in [5.74, 6) is 0.111. The molecule has 1 amide bonds. The van der Waals surface area contributed by atoms with Gasteiger partial charge in [0.25, 0.3) is 0 Å². The first-order chi connectivity index (χ1) is 22.1. The Hall–Kier alpha value is -0.830. The number of carbonyl (C=O) groups excluding carboxylic acids is 1. The van der Waals surface area contributed by atoms with E-state index in [2.05, 4.69) is 31.3 Å². The van der Waals surface area contributed by atoms with Crippen molar-refractivity contribution >= 4 is 5.91 Å². The van der Waals surface area contributed by atoms with Gasteiger partial charge in [0.1, 0.15) is 0 Å². The zero-order chi connectivity index (χ0) is 32.9. The second-order valence-corrected chi connectivity index (χ2v) is 14.4.